The zero-order valence-corrected chi connectivity index (χ0v) is 13.9. The van der Waals surface area contributed by atoms with Crippen molar-refractivity contribution in [3.05, 3.63) is 24.3 Å². The molecule has 1 fully saturated rings. The Morgan fingerprint density at radius 1 is 1.32 bits per heavy atom. The highest BCUT2D eigenvalue weighted by Gasteiger charge is 2.27. The first-order valence-electron chi connectivity index (χ1n) is 8.51. The molecule has 1 aliphatic rings. The van der Waals surface area contributed by atoms with Crippen LogP contribution in [0.1, 0.15) is 44.4 Å². The minimum absolute atomic E-state index is 0.00726. The lowest BCUT2D eigenvalue weighted by Crippen LogP contribution is -2.44. The van der Waals surface area contributed by atoms with Gasteiger partial charge in [0.1, 0.15) is 0 Å². The molecule has 8 heteroatoms. The van der Waals surface area contributed by atoms with Gasteiger partial charge in [0.15, 0.2) is 5.76 Å². The van der Waals surface area contributed by atoms with E-state index in [4.69, 9.17) is 14.0 Å². The third-order valence-electron chi connectivity index (χ3n) is 4.40. The average Bonchev–Trinajstić information content (AvgIpc) is 3.29. The van der Waals surface area contributed by atoms with Crippen molar-refractivity contribution in [1.82, 2.24) is 15.0 Å². The number of carboxylic acid groups (broad SMARTS) is 1. The Morgan fingerprint density at radius 3 is 2.96 bits per heavy atom. The fourth-order valence-electron chi connectivity index (χ4n) is 3.14. The summed E-state index contributed by atoms with van der Waals surface area (Å²) in [6.45, 7) is 0.685. The Balaban J connectivity index is 1.54. The molecule has 2 aromatic heterocycles. The van der Waals surface area contributed by atoms with Crippen LogP contribution in [0.25, 0.3) is 11.6 Å². The largest absolute Gasteiger partial charge is 0.481 e. The fourth-order valence-corrected chi connectivity index (χ4v) is 3.14. The van der Waals surface area contributed by atoms with Crippen LogP contribution in [0.2, 0.25) is 0 Å². The van der Waals surface area contributed by atoms with Crippen LogP contribution in [0.3, 0.4) is 0 Å². The first-order chi connectivity index (χ1) is 12.1. The van der Waals surface area contributed by atoms with Crippen LogP contribution in [0.4, 0.5) is 0 Å². The third-order valence-corrected chi connectivity index (χ3v) is 4.40. The highest BCUT2D eigenvalue weighted by atomic mass is 16.5. The predicted octanol–water partition coefficient (Wildman–Crippen LogP) is 2.51. The van der Waals surface area contributed by atoms with Crippen molar-refractivity contribution in [1.29, 1.82) is 0 Å². The molecule has 1 N–H and O–H groups in total. The lowest BCUT2D eigenvalue weighted by atomic mass is 9.97. The second-order valence-electron chi connectivity index (χ2n) is 6.16. The minimum atomic E-state index is -0.825. The van der Waals surface area contributed by atoms with Gasteiger partial charge in [-0.05, 0) is 37.8 Å². The van der Waals surface area contributed by atoms with Crippen molar-refractivity contribution in [2.45, 2.75) is 51.0 Å². The van der Waals surface area contributed by atoms with Crippen molar-refractivity contribution in [2.75, 3.05) is 6.54 Å². The molecular formula is C17H21N3O5. The van der Waals surface area contributed by atoms with Crippen LogP contribution in [0.5, 0.6) is 0 Å². The number of hydrogen-bond acceptors (Lipinski definition) is 6. The van der Waals surface area contributed by atoms with Gasteiger partial charge in [-0.15, -0.1) is 0 Å². The van der Waals surface area contributed by atoms with Gasteiger partial charge in [0.2, 0.25) is 17.6 Å². The van der Waals surface area contributed by atoms with Gasteiger partial charge in [0.25, 0.3) is 0 Å². The molecule has 0 bridgehead atoms. The number of carbonyl (C=O) groups is 2. The summed E-state index contributed by atoms with van der Waals surface area (Å²) in [6, 6.07) is 3.49. The molecule has 0 aliphatic carbocycles. The van der Waals surface area contributed by atoms with E-state index in [-0.39, 0.29) is 24.8 Å². The lowest BCUT2D eigenvalue weighted by Gasteiger charge is -2.35. The number of rotatable bonds is 7. The Hall–Kier alpha value is -2.64. The number of nitrogens with zero attached hydrogens (tertiary/aromatic N) is 3. The van der Waals surface area contributed by atoms with E-state index in [1.165, 1.54) is 6.26 Å². The maximum absolute atomic E-state index is 12.5. The lowest BCUT2D eigenvalue weighted by molar-refractivity contribution is -0.140. The summed E-state index contributed by atoms with van der Waals surface area (Å²) in [4.78, 5) is 29.4. The van der Waals surface area contributed by atoms with E-state index in [2.05, 4.69) is 10.1 Å². The smallest absolute Gasteiger partial charge is 0.303 e. The van der Waals surface area contributed by atoms with Crippen LogP contribution in [0.15, 0.2) is 27.3 Å². The summed E-state index contributed by atoms with van der Waals surface area (Å²) in [6.07, 6.45) is 5.60. The SMILES string of the molecule is O=C(O)CCC1CCCCN1C(=O)CCc1nc(-c2ccco2)no1. The van der Waals surface area contributed by atoms with Crippen molar-refractivity contribution >= 4 is 11.9 Å². The zero-order valence-electron chi connectivity index (χ0n) is 13.9. The van der Waals surface area contributed by atoms with Crippen LogP contribution >= 0.6 is 0 Å². The number of aliphatic carboxylic acids is 1. The number of hydrogen-bond donors (Lipinski definition) is 1. The number of carboxylic acids is 1. The molecule has 25 heavy (non-hydrogen) atoms. The maximum Gasteiger partial charge on any atom is 0.303 e. The van der Waals surface area contributed by atoms with E-state index >= 15 is 0 Å². The van der Waals surface area contributed by atoms with Gasteiger partial charge in [0, 0.05) is 31.8 Å². The molecule has 3 heterocycles. The number of amides is 1. The summed E-state index contributed by atoms with van der Waals surface area (Å²) >= 11 is 0. The van der Waals surface area contributed by atoms with Crippen molar-refractivity contribution in [3.8, 4) is 11.6 Å². The average molecular weight is 347 g/mol. The molecule has 3 rings (SSSR count). The summed E-state index contributed by atoms with van der Waals surface area (Å²) < 4.78 is 10.4. The second kappa shape index (κ2) is 7.96. The molecule has 1 amide bonds. The molecular weight excluding hydrogens is 326 g/mol. The van der Waals surface area contributed by atoms with Gasteiger partial charge in [-0.25, -0.2) is 0 Å². The molecule has 1 saturated heterocycles. The highest BCUT2D eigenvalue weighted by Crippen LogP contribution is 2.22. The zero-order chi connectivity index (χ0) is 17.6. The van der Waals surface area contributed by atoms with Crippen molar-refractivity contribution in [3.63, 3.8) is 0 Å². The molecule has 1 aliphatic heterocycles. The van der Waals surface area contributed by atoms with Gasteiger partial charge in [-0.1, -0.05) is 5.16 Å². The van der Waals surface area contributed by atoms with Crippen LogP contribution in [-0.2, 0) is 16.0 Å². The summed E-state index contributed by atoms with van der Waals surface area (Å²) in [5.41, 5.74) is 0. The summed E-state index contributed by atoms with van der Waals surface area (Å²) in [5, 5.41) is 12.7. The maximum atomic E-state index is 12.5. The van der Waals surface area contributed by atoms with E-state index in [1.54, 1.807) is 12.1 Å². The number of aryl methyl sites for hydroxylation is 1. The van der Waals surface area contributed by atoms with Crippen LogP contribution in [-0.4, -0.2) is 44.6 Å². The number of aromatic nitrogens is 2. The third kappa shape index (κ3) is 4.46. The van der Waals surface area contributed by atoms with Gasteiger partial charge < -0.3 is 18.9 Å². The van der Waals surface area contributed by atoms with Gasteiger partial charge in [0.05, 0.1) is 6.26 Å². The highest BCUT2D eigenvalue weighted by molar-refractivity contribution is 5.77. The standard InChI is InChI=1S/C17H21N3O5/c21-15(20-10-2-1-4-12(20)6-9-16(22)23)8-7-14-18-17(19-25-14)13-5-3-11-24-13/h3,5,11-12H,1-2,4,6-10H2,(H,22,23). The quantitative estimate of drug-likeness (QED) is 0.819. The van der Waals surface area contributed by atoms with Crippen LogP contribution in [0, 0.1) is 0 Å². The van der Waals surface area contributed by atoms with Gasteiger partial charge in [-0.2, -0.15) is 4.98 Å². The van der Waals surface area contributed by atoms with E-state index in [1.807, 2.05) is 4.90 Å². The van der Waals surface area contributed by atoms with Crippen LogP contribution < -0.4 is 0 Å². The molecule has 2 aromatic rings. The minimum Gasteiger partial charge on any atom is -0.481 e. The van der Waals surface area contributed by atoms with Crippen molar-refractivity contribution in [2.24, 2.45) is 0 Å². The van der Waals surface area contributed by atoms with Gasteiger partial charge in [-0.3, -0.25) is 9.59 Å². The Labute approximate surface area is 144 Å². The Morgan fingerprint density at radius 2 is 2.20 bits per heavy atom. The molecule has 1 unspecified atom stereocenters. The van der Waals surface area contributed by atoms with E-state index in [0.29, 0.717) is 36.9 Å². The normalized spacial score (nSPS) is 17.6. The molecule has 0 aromatic carbocycles. The molecule has 134 valence electrons. The Kier molecular flexibility index (Phi) is 5.47. The fraction of sp³-hybridized carbons (Fsp3) is 0.529. The topological polar surface area (TPSA) is 110 Å². The number of piperidine rings is 1. The van der Waals surface area contributed by atoms with E-state index < -0.39 is 5.97 Å². The molecule has 0 spiro atoms. The second-order valence-corrected chi connectivity index (χ2v) is 6.16. The van der Waals surface area contributed by atoms with E-state index in [0.717, 1.165) is 19.3 Å². The molecule has 8 nitrogen and oxygen atoms in total. The monoisotopic (exact) mass is 347 g/mol. The summed E-state index contributed by atoms with van der Waals surface area (Å²) in [7, 11) is 0. The van der Waals surface area contributed by atoms with Crippen molar-refractivity contribution < 1.29 is 23.6 Å². The van der Waals surface area contributed by atoms with E-state index in [9.17, 15) is 9.59 Å². The number of furan rings is 1. The van der Waals surface area contributed by atoms with Gasteiger partial charge >= 0.3 is 5.97 Å². The first-order valence-corrected chi connectivity index (χ1v) is 8.51. The Bertz CT molecular complexity index is 710. The molecule has 0 radical (unpaired) electrons. The summed E-state index contributed by atoms with van der Waals surface area (Å²) in [5.74, 6) is 0.455. The molecule has 0 saturated carbocycles. The first kappa shape index (κ1) is 17.2. The number of carbonyl (C=O) groups excluding carboxylic acids is 1. The number of likely N-dealkylation sites (tertiary alicyclic amines) is 1. The predicted molar refractivity (Wildman–Crippen MR) is 86.5 cm³/mol. The molecule has 1 atom stereocenters.